The maximum atomic E-state index is 11.0. The molecule has 188 valence electrons. The standard InChI is InChI=1S/C20H40N4O8/c1-8(21)12-5-4-9(22)18(30-12)31-15-10(23)6-11(25)16(13(15)26)32-19-14(27)17(24-3)20(2,28)7-29-19/h8-19,24-28H,4-7,21-23H2,1-3H3. The van der Waals surface area contributed by atoms with Gasteiger partial charge in [-0.05, 0) is 40.2 Å². The summed E-state index contributed by atoms with van der Waals surface area (Å²) in [6, 6.07) is -2.07. The Morgan fingerprint density at radius 3 is 2.31 bits per heavy atom. The monoisotopic (exact) mass is 464 g/mol. The van der Waals surface area contributed by atoms with Gasteiger partial charge in [0.1, 0.15) is 30.0 Å². The van der Waals surface area contributed by atoms with Gasteiger partial charge >= 0.3 is 0 Å². The third-order valence-electron chi connectivity index (χ3n) is 6.74. The van der Waals surface area contributed by atoms with Gasteiger partial charge < -0.3 is 61.9 Å². The van der Waals surface area contributed by atoms with Crippen LogP contribution in [0.5, 0.6) is 0 Å². The Morgan fingerprint density at radius 1 is 1.03 bits per heavy atom. The number of nitrogens with two attached hydrogens (primary N) is 3. The first kappa shape index (κ1) is 26.1. The first-order chi connectivity index (χ1) is 15.0. The molecular formula is C20H40N4O8. The summed E-state index contributed by atoms with van der Waals surface area (Å²) >= 11 is 0. The molecule has 2 aliphatic heterocycles. The van der Waals surface area contributed by atoms with Crippen LogP contribution in [-0.2, 0) is 18.9 Å². The lowest BCUT2D eigenvalue weighted by Gasteiger charge is -2.48. The Labute approximate surface area is 188 Å². The molecule has 0 spiro atoms. The minimum absolute atomic E-state index is 0.0844. The molecule has 0 aromatic rings. The second-order valence-corrected chi connectivity index (χ2v) is 9.60. The van der Waals surface area contributed by atoms with Gasteiger partial charge in [-0.2, -0.15) is 0 Å². The van der Waals surface area contributed by atoms with E-state index in [2.05, 4.69) is 5.32 Å². The van der Waals surface area contributed by atoms with Crippen LogP contribution in [-0.4, -0.2) is 113 Å². The van der Waals surface area contributed by atoms with Crippen molar-refractivity contribution in [1.82, 2.24) is 5.32 Å². The van der Waals surface area contributed by atoms with Crippen molar-refractivity contribution in [3.05, 3.63) is 0 Å². The molecule has 0 bridgehead atoms. The first-order valence-electron chi connectivity index (χ1n) is 11.2. The van der Waals surface area contributed by atoms with Gasteiger partial charge in [0.15, 0.2) is 12.6 Å². The molecule has 0 aromatic carbocycles. The van der Waals surface area contributed by atoms with Gasteiger partial charge in [0.05, 0.1) is 30.9 Å². The molecule has 0 radical (unpaired) electrons. The van der Waals surface area contributed by atoms with E-state index in [9.17, 15) is 20.4 Å². The average Bonchev–Trinajstić information content (AvgIpc) is 2.71. The first-order valence-corrected chi connectivity index (χ1v) is 11.2. The maximum Gasteiger partial charge on any atom is 0.185 e. The number of nitrogens with one attached hydrogen (secondary N) is 1. The predicted octanol–water partition coefficient (Wildman–Crippen LogP) is -3.55. The Bertz CT molecular complexity index is 614. The third kappa shape index (κ3) is 5.43. The SMILES string of the molecule is CNC1C(O)C(OC2C(O)CC(N)C(OC3OC(C(C)N)CCC3N)C2O)OCC1(C)O. The molecule has 12 heteroatoms. The van der Waals surface area contributed by atoms with Gasteiger partial charge in [-0.25, -0.2) is 0 Å². The van der Waals surface area contributed by atoms with Crippen molar-refractivity contribution in [3.8, 4) is 0 Å². The summed E-state index contributed by atoms with van der Waals surface area (Å²) in [6.07, 6.45) is -6.60. The fourth-order valence-electron chi connectivity index (χ4n) is 4.80. The maximum absolute atomic E-state index is 11.0. The zero-order valence-corrected chi connectivity index (χ0v) is 18.9. The highest BCUT2D eigenvalue weighted by atomic mass is 16.7. The van der Waals surface area contributed by atoms with Gasteiger partial charge in [0.2, 0.25) is 0 Å². The van der Waals surface area contributed by atoms with Crippen LogP contribution in [0.3, 0.4) is 0 Å². The summed E-state index contributed by atoms with van der Waals surface area (Å²) in [5.74, 6) is 0. The van der Waals surface area contributed by atoms with Gasteiger partial charge in [-0.3, -0.25) is 0 Å². The second-order valence-electron chi connectivity index (χ2n) is 9.60. The largest absolute Gasteiger partial charge is 0.390 e. The van der Waals surface area contributed by atoms with Crippen LogP contribution < -0.4 is 22.5 Å². The molecule has 13 unspecified atom stereocenters. The van der Waals surface area contributed by atoms with E-state index in [4.69, 9.17) is 36.1 Å². The molecule has 1 saturated carbocycles. The molecule has 0 aromatic heterocycles. The van der Waals surface area contributed by atoms with Gasteiger partial charge in [-0.1, -0.05) is 0 Å². The van der Waals surface area contributed by atoms with E-state index in [-0.39, 0.29) is 25.2 Å². The Kier molecular flexibility index (Phi) is 8.51. The lowest BCUT2D eigenvalue weighted by molar-refractivity contribution is -0.316. The molecule has 13 atom stereocenters. The van der Waals surface area contributed by atoms with Gasteiger partial charge in [0.25, 0.3) is 0 Å². The minimum atomic E-state index is -1.34. The number of aliphatic hydroxyl groups is 4. The summed E-state index contributed by atoms with van der Waals surface area (Å²) in [7, 11) is 1.60. The topological polar surface area (TPSA) is 208 Å². The van der Waals surface area contributed by atoms with E-state index in [1.54, 1.807) is 7.05 Å². The van der Waals surface area contributed by atoms with Gasteiger partial charge in [-0.15, -0.1) is 0 Å². The van der Waals surface area contributed by atoms with Crippen molar-refractivity contribution in [2.24, 2.45) is 17.2 Å². The third-order valence-corrected chi connectivity index (χ3v) is 6.74. The van der Waals surface area contributed by atoms with Crippen molar-refractivity contribution in [2.45, 2.75) is 112 Å². The molecule has 12 nitrogen and oxygen atoms in total. The summed E-state index contributed by atoms with van der Waals surface area (Å²) in [5.41, 5.74) is 17.0. The minimum Gasteiger partial charge on any atom is -0.390 e. The van der Waals surface area contributed by atoms with Crippen molar-refractivity contribution in [1.29, 1.82) is 0 Å². The normalized spacial score (nSPS) is 51.4. The highest BCUT2D eigenvalue weighted by molar-refractivity contribution is 5.01. The number of ether oxygens (including phenoxy) is 4. The Balaban J connectivity index is 1.69. The van der Waals surface area contributed by atoms with E-state index in [0.29, 0.717) is 12.8 Å². The summed E-state index contributed by atoms with van der Waals surface area (Å²) in [5, 5.41) is 45.4. The van der Waals surface area contributed by atoms with Crippen LogP contribution in [0.2, 0.25) is 0 Å². The number of aliphatic hydroxyl groups excluding tert-OH is 3. The highest BCUT2D eigenvalue weighted by Crippen LogP contribution is 2.32. The quantitative estimate of drug-likeness (QED) is 0.192. The van der Waals surface area contributed by atoms with Crippen LogP contribution in [0.4, 0.5) is 0 Å². The lowest BCUT2D eigenvalue weighted by atomic mass is 9.85. The van der Waals surface area contributed by atoms with E-state index in [0.717, 1.165) is 0 Å². The van der Waals surface area contributed by atoms with E-state index in [1.165, 1.54) is 6.92 Å². The van der Waals surface area contributed by atoms with Crippen molar-refractivity contribution >= 4 is 0 Å². The van der Waals surface area contributed by atoms with E-state index in [1.807, 2.05) is 6.92 Å². The second kappa shape index (κ2) is 10.4. The summed E-state index contributed by atoms with van der Waals surface area (Å²) < 4.78 is 23.2. The van der Waals surface area contributed by atoms with Crippen molar-refractivity contribution in [3.63, 3.8) is 0 Å². The molecule has 11 N–H and O–H groups in total. The fourth-order valence-corrected chi connectivity index (χ4v) is 4.80. The van der Waals surface area contributed by atoms with Gasteiger partial charge in [0, 0.05) is 12.1 Å². The lowest BCUT2D eigenvalue weighted by Crippen LogP contribution is -2.68. The zero-order valence-electron chi connectivity index (χ0n) is 18.9. The summed E-state index contributed by atoms with van der Waals surface area (Å²) in [4.78, 5) is 0. The zero-order chi connectivity index (χ0) is 23.8. The van der Waals surface area contributed by atoms with Crippen LogP contribution in [0.1, 0.15) is 33.1 Å². The Morgan fingerprint density at radius 2 is 1.69 bits per heavy atom. The van der Waals surface area contributed by atoms with Crippen LogP contribution in [0.15, 0.2) is 0 Å². The smallest absolute Gasteiger partial charge is 0.185 e. The fraction of sp³-hybridized carbons (Fsp3) is 1.00. The molecule has 2 saturated heterocycles. The highest BCUT2D eigenvalue weighted by Gasteiger charge is 2.51. The van der Waals surface area contributed by atoms with Crippen molar-refractivity contribution in [2.75, 3.05) is 13.7 Å². The molecule has 3 rings (SSSR count). The van der Waals surface area contributed by atoms with Crippen LogP contribution in [0.25, 0.3) is 0 Å². The number of likely N-dealkylation sites (N-methyl/N-ethyl adjacent to an activating group) is 1. The summed E-state index contributed by atoms with van der Waals surface area (Å²) in [6.45, 7) is 3.26. The molecule has 3 fully saturated rings. The Hall–Kier alpha value is -0.480. The number of hydrogen-bond acceptors (Lipinski definition) is 12. The molecule has 2 heterocycles. The average molecular weight is 465 g/mol. The predicted molar refractivity (Wildman–Crippen MR) is 113 cm³/mol. The van der Waals surface area contributed by atoms with E-state index < -0.39 is 66.8 Å². The molecule has 32 heavy (non-hydrogen) atoms. The van der Waals surface area contributed by atoms with E-state index >= 15 is 0 Å². The molecule has 1 aliphatic carbocycles. The number of hydrogen-bond donors (Lipinski definition) is 8. The molecular weight excluding hydrogens is 424 g/mol. The number of rotatable bonds is 6. The molecule has 0 amide bonds. The van der Waals surface area contributed by atoms with Crippen molar-refractivity contribution < 1.29 is 39.4 Å². The van der Waals surface area contributed by atoms with Crippen LogP contribution >= 0.6 is 0 Å². The van der Waals surface area contributed by atoms with Crippen LogP contribution in [0, 0.1) is 0 Å². The molecule has 3 aliphatic rings.